The van der Waals surface area contributed by atoms with E-state index in [4.69, 9.17) is 17.3 Å². The van der Waals surface area contributed by atoms with Crippen molar-refractivity contribution in [3.05, 3.63) is 10.6 Å². The fourth-order valence-electron chi connectivity index (χ4n) is 1.05. The maximum absolute atomic E-state index is 11.7. The molecule has 92 valence electrons. The van der Waals surface area contributed by atoms with Gasteiger partial charge in [0.1, 0.15) is 13.2 Å². The predicted octanol–water partition coefficient (Wildman–Crippen LogP) is 1.01. The number of alkyl halides is 3. The Morgan fingerprint density at radius 3 is 2.75 bits per heavy atom. The van der Waals surface area contributed by atoms with Crippen molar-refractivity contribution < 1.29 is 23.0 Å². The highest BCUT2D eigenvalue weighted by Gasteiger charge is 2.27. The minimum atomic E-state index is -4.34. The molecule has 1 rings (SSSR count). The minimum Gasteiger partial charge on any atom is -0.388 e. The second-order valence-electron chi connectivity index (χ2n) is 2.92. The Kier molecular flexibility index (Phi) is 4.44. The first kappa shape index (κ1) is 13.1. The van der Waals surface area contributed by atoms with E-state index in [0.717, 1.165) is 0 Å². The molecule has 1 aromatic rings. The maximum atomic E-state index is 11.7. The van der Waals surface area contributed by atoms with Crippen molar-refractivity contribution in [3.63, 3.8) is 0 Å². The lowest BCUT2D eigenvalue weighted by molar-refractivity contribution is -0.174. The molecule has 0 aliphatic heterocycles. The van der Waals surface area contributed by atoms with E-state index >= 15 is 0 Å². The van der Waals surface area contributed by atoms with Crippen LogP contribution >= 0.6 is 12.2 Å². The second kappa shape index (κ2) is 5.41. The Balaban J connectivity index is 2.43. The van der Waals surface area contributed by atoms with Crippen molar-refractivity contribution in [2.24, 2.45) is 0 Å². The van der Waals surface area contributed by atoms with E-state index in [1.807, 2.05) is 0 Å². The molecule has 0 radical (unpaired) electrons. The van der Waals surface area contributed by atoms with E-state index in [1.54, 1.807) is 0 Å². The number of ether oxygens (including phenoxy) is 1. The molecule has 1 heterocycles. The molecule has 2 N–H and O–H groups in total. The van der Waals surface area contributed by atoms with Crippen molar-refractivity contribution in [3.8, 4) is 0 Å². The van der Waals surface area contributed by atoms with Gasteiger partial charge in [-0.05, 0) is 12.2 Å². The third kappa shape index (κ3) is 3.91. The molecule has 0 fully saturated rings. The van der Waals surface area contributed by atoms with Gasteiger partial charge in [-0.25, -0.2) is 0 Å². The summed E-state index contributed by atoms with van der Waals surface area (Å²) in [6.45, 7) is -1.68. The number of hydrogen-bond acceptors (Lipinski definition) is 4. The van der Waals surface area contributed by atoms with Gasteiger partial charge in [0.05, 0.1) is 13.2 Å². The zero-order valence-electron chi connectivity index (χ0n) is 8.12. The molecule has 0 saturated carbocycles. The molecule has 0 aliphatic carbocycles. The fourth-order valence-corrected chi connectivity index (χ4v) is 1.29. The van der Waals surface area contributed by atoms with Crippen LogP contribution in [0, 0.1) is 4.77 Å². The number of aliphatic hydroxyl groups is 1. The van der Waals surface area contributed by atoms with Crippen LogP contribution in [0.4, 0.5) is 13.2 Å². The Labute approximate surface area is 93.8 Å². The SMILES string of the molecule is OCc1n[nH]c(=S)n1CCOCC(F)(F)F. The zero-order chi connectivity index (χ0) is 12.2. The van der Waals surface area contributed by atoms with Gasteiger partial charge < -0.3 is 9.84 Å². The molecule has 9 heteroatoms. The highest BCUT2D eigenvalue weighted by atomic mass is 32.1. The highest BCUT2D eigenvalue weighted by molar-refractivity contribution is 7.71. The summed E-state index contributed by atoms with van der Waals surface area (Å²) in [4.78, 5) is 0. The predicted molar refractivity (Wildman–Crippen MR) is 50.2 cm³/mol. The number of nitrogens with zero attached hydrogens (tertiary/aromatic N) is 2. The number of aromatic amines is 1. The number of hydrogen-bond donors (Lipinski definition) is 2. The summed E-state index contributed by atoms with van der Waals surface area (Å²) in [5.41, 5.74) is 0. The summed E-state index contributed by atoms with van der Waals surface area (Å²) in [7, 11) is 0. The number of rotatable bonds is 5. The molecule has 16 heavy (non-hydrogen) atoms. The van der Waals surface area contributed by atoms with Crippen LogP contribution in [0.2, 0.25) is 0 Å². The van der Waals surface area contributed by atoms with Crippen LogP contribution in [-0.2, 0) is 17.9 Å². The lowest BCUT2D eigenvalue weighted by atomic mass is 10.6. The zero-order valence-corrected chi connectivity index (χ0v) is 8.94. The van der Waals surface area contributed by atoms with E-state index in [1.165, 1.54) is 4.57 Å². The topological polar surface area (TPSA) is 63.1 Å². The van der Waals surface area contributed by atoms with Crippen molar-refractivity contribution in [2.75, 3.05) is 13.2 Å². The van der Waals surface area contributed by atoms with Gasteiger partial charge in [-0.3, -0.25) is 9.67 Å². The molecule has 1 aromatic heterocycles. The van der Waals surface area contributed by atoms with Gasteiger partial charge in [0.2, 0.25) is 0 Å². The van der Waals surface area contributed by atoms with Crippen LogP contribution in [0.15, 0.2) is 0 Å². The number of nitrogens with one attached hydrogen (secondary N) is 1. The molecule has 0 aliphatic rings. The highest BCUT2D eigenvalue weighted by Crippen LogP contribution is 2.14. The maximum Gasteiger partial charge on any atom is 0.411 e. The summed E-state index contributed by atoms with van der Waals surface area (Å²) >= 11 is 4.82. The average Bonchev–Trinajstić information content (AvgIpc) is 2.53. The summed E-state index contributed by atoms with van der Waals surface area (Å²) in [6.07, 6.45) is -4.34. The van der Waals surface area contributed by atoms with Crippen LogP contribution in [0.25, 0.3) is 0 Å². The summed E-state index contributed by atoms with van der Waals surface area (Å²) in [5.74, 6) is 0.264. The fraction of sp³-hybridized carbons (Fsp3) is 0.714. The van der Waals surface area contributed by atoms with Gasteiger partial charge >= 0.3 is 6.18 Å². The quantitative estimate of drug-likeness (QED) is 0.610. The first-order valence-corrected chi connectivity index (χ1v) is 4.74. The Morgan fingerprint density at radius 1 is 1.50 bits per heavy atom. The monoisotopic (exact) mass is 257 g/mol. The molecule has 0 aromatic carbocycles. The minimum absolute atomic E-state index is 0.112. The van der Waals surface area contributed by atoms with E-state index < -0.39 is 12.8 Å². The summed E-state index contributed by atoms with van der Waals surface area (Å²) < 4.78 is 41.2. The molecular weight excluding hydrogens is 247 g/mol. The lowest BCUT2D eigenvalue weighted by Crippen LogP contribution is -2.19. The number of aromatic nitrogens is 3. The van der Waals surface area contributed by atoms with Crippen molar-refractivity contribution in [2.45, 2.75) is 19.3 Å². The first-order valence-electron chi connectivity index (χ1n) is 4.33. The Hall–Kier alpha value is -0.930. The second-order valence-corrected chi connectivity index (χ2v) is 3.31. The first-order chi connectivity index (χ1) is 7.44. The smallest absolute Gasteiger partial charge is 0.388 e. The van der Waals surface area contributed by atoms with Crippen molar-refractivity contribution >= 4 is 12.2 Å². The van der Waals surface area contributed by atoms with Crippen LogP contribution in [-0.4, -0.2) is 39.3 Å². The molecule has 0 amide bonds. The molecule has 0 saturated heterocycles. The van der Waals surface area contributed by atoms with E-state index in [9.17, 15) is 13.2 Å². The number of H-pyrrole nitrogens is 1. The standard InChI is InChI=1S/C7H10F3N3O2S/c8-7(9,10)4-15-2-1-13-5(3-14)11-12-6(13)16/h14H,1-4H2,(H,12,16). The molecule has 0 spiro atoms. The van der Waals surface area contributed by atoms with Gasteiger partial charge in [-0.1, -0.05) is 0 Å². The molecular formula is C7H10F3N3O2S. The van der Waals surface area contributed by atoms with E-state index in [2.05, 4.69) is 14.9 Å². The summed E-state index contributed by atoms with van der Waals surface area (Å²) in [6, 6.07) is 0. The van der Waals surface area contributed by atoms with E-state index in [-0.39, 0.29) is 30.4 Å². The van der Waals surface area contributed by atoms with Crippen molar-refractivity contribution in [1.29, 1.82) is 0 Å². The molecule has 0 bridgehead atoms. The summed E-state index contributed by atoms with van der Waals surface area (Å²) in [5, 5.41) is 15.0. The normalized spacial score (nSPS) is 12.0. The third-order valence-electron chi connectivity index (χ3n) is 1.70. The van der Waals surface area contributed by atoms with Gasteiger partial charge in [0.15, 0.2) is 10.6 Å². The van der Waals surface area contributed by atoms with Crippen LogP contribution in [0.3, 0.4) is 0 Å². The van der Waals surface area contributed by atoms with Gasteiger partial charge in [-0.2, -0.15) is 18.3 Å². The van der Waals surface area contributed by atoms with Gasteiger partial charge in [-0.15, -0.1) is 0 Å². The van der Waals surface area contributed by atoms with E-state index in [0.29, 0.717) is 0 Å². The lowest BCUT2D eigenvalue weighted by Gasteiger charge is -2.08. The third-order valence-corrected chi connectivity index (χ3v) is 2.02. The Bertz CT molecular complexity index is 387. The largest absolute Gasteiger partial charge is 0.411 e. The average molecular weight is 257 g/mol. The van der Waals surface area contributed by atoms with Gasteiger partial charge in [0, 0.05) is 0 Å². The molecule has 0 atom stereocenters. The Morgan fingerprint density at radius 2 is 2.19 bits per heavy atom. The van der Waals surface area contributed by atoms with Crippen molar-refractivity contribution in [1.82, 2.24) is 14.8 Å². The number of halogens is 3. The molecule has 5 nitrogen and oxygen atoms in total. The van der Waals surface area contributed by atoms with Crippen LogP contribution < -0.4 is 0 Å². The van der Waals surface area contributed by atoms with Crippen LogP contribution in [0.5, 0.6) is 0 Å². The molecule has 0 unspecified atom stereocenters. The number of aliphatic hydroxyl groups excluding tert-OH is 1. The van der Waals surface area contributed by atoms with Gasteiger partial charge in [0.25, 0.3) is 0 Å². The van der Waals surface area contributed by atoms with Crippen LogP contribution in [0.1, 0.15) is 5.82 Å².